The minimum absolute atomic E-state index is 0.137. The van der Waals surface area contributed by atoms with Gasteiger partial charge in [0.1, 0.15) is 4.60 Å². The Balaban J connectivity index is 1.40. The fourth-order valence-electron chi connectivity index (χ4n) is 5.26. The van der Waals surface area contributed by atoms with Gasteiger partial charge in [-0.3, -0.25) is 9.59 Å². The van der Waals surface area contributed by atoms with Gasteiger partial charge in [0.25, 0.3) is 5.91 Å². The van der Waals surface area contributed by atoms with E-state index in [1.807, 2.05) is 9.58 Å². The van der Waals surface area contributed by atoms with E-state index in [1.54, 1.807) is 17.0 Å². The predicted octanol–water partition coefficient (Wildman–Crippen LogP) is 3.61. The Morgan fingerprint density at radius 3 is 2.51 bits per heavy atom. The average Bonchev–Trinajstić information content (AvgIpc) is 3.69. The molecule has 2 aromatic heterocycles. The zero-order chi connectivity index (χ0) is 24.1. The Labute approximate surface area is 211 Å². The molecule has 3 aliphatic rings. The Morgan fingerprint density at radius 1 is 1.03 bits per heavy atom. The zero-order valence-corrected chi connectivity index (χ0v) is 20.8. The van der Waals surface area contributed by atoms with Crippen LogP contribution in [-0.4, -0.2) is 61.2 Å². The standard InChI is InChI=1S/C26H25BrN6O2/c1-2-24(34)31-13-11-19-25-21(33(30-19)18-7-5-17(6-8-18)16-3-4-16)12-14-32(22(25)15-31)26(35)20-9-10-23(27)29-28-20/h2,5-10,16,22H,1,3-4,11-15H2. The molecule has 1 saturated carbocycles. The van der Waals surface area contributed by atoms with Gasteiger partial charge in [-0.1, -0.05) is 18.7 Å². The SMILES string of the molecule is C=CC(=O)N1CCc2nn(-c3ccc(C4CC4)cc3)c3c2C(C1)N(C(=O)c1ccc(Br)nn1)CC3. The molecule has 8 nitrogen and oxygen atoms in total. The molecule has 0 bridgehead atoms. The summed E-state index contributed by atoms with van der Waals surface area (Å²) in [6, 6.07) is 11.8. The topological polar surface area (TPSA) is 84.2 Å². The lowest BCUT2D eigenvalue weighted by Gasteiger charge is -2.37. The van der Waals surface area contributed by atoms with Crippen molar-refractivity contribution in [2.24, 2.45) is 0 Å². The van der Waals surface area contributed by atoms with Gasteiger partial charge < -0.3 is 9.80 Å². The van der Waals surface area contributed by atoms with Crippen molar-refractivity contribution in [2.45, 2.75) is 37.6 Å². The number of carbonyl (C=O) groups excluding carboxylic acids is 2. The van der Waals surface area contributed by atoms with Crippen LogP contribution in [0.2, 0.25) is 0 Å². The molecule has 178 valence electrons. The van der Waals surface area contributed by atoms with Crippen molar-refractivity contribution >= 4 is 27.7 Å². The van der Waals surface area contributed by atoms with Crippen LogP contribution in [0.5, 0.6) is 0 Å². The molecule has 1 aromatic carbocycles. The minimum atomic E-state index is -0.308. The van der Waals surface area contributed by atoms with E-state index in [0.29, 0.717) is 43.0 Å². The second kappa shape index (κ2) is 8.71. The van der Waals surface area contributed by atoms with Gasteiger partial charge in [-0.25, -0.2) is 4.68 Å². The molecular formula is C26H25BrN6O2. The van der Waals surface area contributed by atoms with Crippen LogP contribution in [0, 0.1) is 0 Å². The fraction of sp³-hybridized carbons (Fsp3) is 0.346. The highest BCUT2D eigenvalue weighted by Crippen LogP contribution is 2.41. The van der Waals surface area contributed by atoms with Gasteiger partial charge in [-0.2, -0.15) is 5.10 Å². The molecule has 9 heteroatoms. The maximum Gasteiger partial charge on any atom is 0.274 e. The Kier molecular flexibility index (Phi) is 5.51. The summed E-state index contributed by atoms with van der Waals surface area (Å²) in [6.07, 6.45) is 5.19. The molecule has 0 spiro atoms. The molecule has 1 atom stereocenters. The van der Waals surface area contributed by atoms with Crippen LogP contribution in [0.25, 0.3) is 5.69 Å². The van der Waals surface area contributed by atoms with E-state index in [-0.39, 0.29) is 23.6 Å². The zero-order valence-electron chi connectivity index (χ0n) is 19.2. The first-order chi connectivity index (χ1) is 17.0. The van der Waals surface area contributed by atoms with Crippen molar-refractivity contribution < 1.29 is 9.59 Å². The maximum absolute atomic E-state index is 13.5. The lowest BCUT2D eigenvalue weighted by Crippen LogP contribution is -2.46. The first-order valence-corrected chi connectivity index (χ1v) is 12.8. The lowest BCUT2D eigenvalue weighted by molar-refractivity contribution is -0.126. The second-order valence-electron chi connectivity index (χ2n) is 9.33. The number of benzene rings is 1. The number of halogens is 1. The van der Waals surface area contributed by atoms with Crippen molar-refractivity contribution in [3.8, 4) is 5.69 Å². The summed E-state index contributed by atoms with van der Waals surface area (Å²) >= 11 is 3.28. The van der Waals surface area contributed by atoms with Crippen molar-refractivity contribution in [3.05, 3.63) is 81.9 Å². The van der Waals surface area contributed by atoms with Gasteiger partial charge in [0.15, 0.2) is 5.69 Å². The minimum Gasteiger partial charge on any atom is -0.336 e. The Bertz CT molecular complexity index is 1310. The first kappa shape index (κ1) is 22.2. The van der Waals surface area contributed by atoms with Gasteiger partial charge in [0.05, 0.1) is 23.1 Å². The number of hydrogen-bond acceptors (Lipinski definition) is 5. The Morgan fingerprint density at radius 2 is 1.83 bits per heavy atom. The van der Waals surface area contributed by atoms with Crippen LogP contribution >= 0.6 is 15.9 Å². The van der Waals surface area contributed by atoms with E-state index >= 15 is 0 Å². The molecule has 4 heterocycles. The van der Waals surface area contributed by atoms with Crippen LogP contribution in [0.3, 0.4) is 0 Å². The third kappa shape index (κ3) is 3.97. The van der Waals surface area contributed by atoms with Gasteiger partial charge in [-0.15, -0.1) is 10.2 Å². The molecule has 0 saturated heterocycles. The third-order valence-electron chi connectivity index (χ3n) is 7.19. The highest BCUT2D eigenvalue weighted by atomic mass is 79.9. The Hall–Kier alpha value is -3.33. The van der Waals surface area contributed by atoms with E-state index in [0.717, 1.165) is 22.6 Å². The molecule has 1 aliphatic carbocycles. The first-order valence-electron chi connectivity index (χ1n) is 12.0. The number of hydrogen-bond donors (Lipinski definition) is 0. The number of carbonyl (C=O) groups is 2. The summed E-state index contributed by atoms with van der Waals surface area (Å²) in [5, 5.41) is 13.1. The lowest BCUT2D eigenvalue weighted by atomic mass is 9.95. The van der Waals surface area contributed by atoms with Crippen molar-refractivity contribution in [1.82, 2.24) is 29.8 Å². The summed E-state index contributed by atoms with van der Waals surface area (Å²) < 4.78 is 2.61. The highest BCUT2D eigenvalue weighted by Gasteiger charge is 2.40. The summed E-state index contributed by atoms with van der Waals surface area (Å²) in [4.78, 5) is 29.7. The van der Waals surface area contributed by atoms with Crippen LogP contribution in [0.15, 0.2) is 53.7 Å². The van der Waals surface area contributed by atoms with Gasteiger partial charge in [0.2, 0.25) is 5.91 Å². The monoisotopic (exact) mass is 532 g/mol. The summed E-state index contributed by atoms with van der Waals surface area (Å²) in [6.45, 7) is 5.10. The molecule has 35 heavy (non-hydrogen) atoms. The maximum atomic E-state index is 13.5. The fourth-order valence-corrected chi connectivity index (χ4v) is 5.47. The quantitative estimate of drug-likeness (QED) is 0.479. The molecule has 3 aromatic rings. The molecule has 2 amide bonds. The van der Waals surface area contributed by atoms with Gasteiger partial charge in [-0.05, 0) is 70.6 Å². The van der Waals surface area contributed by atoms with Gasteiger partial charge in [0, 0.05) is 38.0 Å². The number of nitrogens with zero attached hydrogens (tertiary/aromatic N) is 6. The predicted molar refractivity (Wildman–Crippen MR) is 133 cm³/mol. The summed E-state index contributed by atoms with van der Waals surface area (Å²) in [5.41, 5.74) is 5.82. The molecule has 0 radical (unpaired) electrons. The van der Waals surface area contributed by atoms with E-state index in [4.69, 9.17) is 5.10 Å². The molecule has 2 aliphatic heterocycles. The third-order valence-corrected chi connectivity index (χ3v) is 7.62. The van der Waals surface area contributed by atoms with E-state index in [1.165, 1.54) is 24.5 Å². The largest absolute Gasteiger partial charge is 0.336 e. The average molecular weight is 533 g/mol. The van der Waals surface area contributed by atoms with Crippen LogP contribution < -0.4 is 0 Å². The molecule has 6 rings (SSSR count). The highest BCUT2D eigenvalue weighted by molar-refractivity contribution is 9.10. The van der Waals surface area contributed by atoms with E-state index in [9.17, 15) is 9.59 Å². The van der Waals surface area contributed by atoms with Crippen LogP contribution in [-0.2, 0) is 17.6 Å². The number of amides is 2. The summed E-state index contributed by atoms with van der Waals surface area (Å²) in [5.74, 6) is 0.374. The second-order valence-corrected chi connectivity index (χ2v) is 10.1. The summed E-state index contributed by atoms with van der Waals surface area (Å²) in [7, 11) is 0. The smallest absolute Gasteiger partial charge is 0.274 e. The number of aromatic nitrogens is 4. The molecular weight excluding hydrogens is 508 g/mol. The van der Waals surface area contributed by atoms with Crippen molar-refractivity contribution in [1.29, 1.82) is 0 Å². The molecule has 1 fully saturated rings. The van der Waals surface area contributed by atoms with Crippen LogP contribution in [0.4, 0.5) is 0 Å². The van der Waals surface area contributed by atoms with E-state index < -0.39 is 0 Å². The van der Waals surface area contributed by atoms with Gasteiger partial charge >= 0.3 is 0 Å². The van der Waals surface area contributed by atoms with Crippen LogP contribution in [0.1, 0.15) is 57.8 Å². The molecule has 1 unspecified atom stereocenters. The van der Waals surface area contributed by atoms with Crippen molar-refractivity contribution in [3.63, 3.8) is 0 Å². The van der Waals surface area contributed by atoms with E-state index in [2.05, 4.69) is 57.0 Å². The molecule has 0 N–H and O–H groups in total. The van der Waals surface area contributed by atoms with Crippen molar-refractivity contribution in [2.75, 3.05) is 19.6 Å². The normalized spacial score (nSPS) is 19.2. The number of rotatable bonds is 4.